The molecule has 0 spiro atoms. The van der Waals surface area contributed by atoms with Gasteiger partial charge in [0, 0.05) is 50.8 Å². The molecule has 1 aromatic carbocycles. The van der Waals surface area contributed by atoms with Crippen LogP contribution in [0.2, 0.25) is 0 Å². The number of hydrogen-bond donors (Lipinski definition) is 1. The highest BCUT2D eigenvalue weighted by atomic mass is 19.1. The summed E-state index contributed by atoms with van der Waals surface area (Å²) in [4.78, 5) is 9.32. The van der Waals surface area contributed by atoms with E-state index < -0.39 is 0 Å². The molecule has 1 fully saturated rings. The van der Waals surface area contributed by atoms with Crippen LogP contribution in [0.1, 0.15) is 26.0 Å². The topological polar surface area (TPSA) is 39.6 Å². The molecule has 0 amide bonds. The molecule has 0 saturated carbocycles. The van der Waals surface area contributed by atoms with Crippen molar-refractivity contribution in [1.29, 1.82) is 0 Å². The summed E-state index contributed by atoms with van der Waals surface area (Å²) in [6.45, 7) is 8.88. The van der Waals surface area contributed by atoms with E-state index >= 15 is 0 Å². The zero-order valence-electron chi connectivity index (χ0n) is 15.7. The molecule has 0 radical (unpaired) electrons. The number of para-hydroxylation sites is 1. The van der Waals surface area contributed by atoms with Gasteiger partial charge >= 0.3 is 0 Å². The lowest BCUT2D eigenvalue weighted by Gasteiger charge is -2.41. The molecule has 1 aliphatic heterocycles. The van der Waals surface area contributed by atoms with E-state index in [1.165, 1.54) is 11.6 Å². The smallest absolute Gasteiger partial charge is 0.149 e. The summed E-state index contributed by atoms with van der Waals surface area (Å²) in [6, 6.07) is 9.31. The van der Waals surface area contributed by atoms with Crippen LogP contribution in [-0.2, 0) is 6.54 Å². The Kier molecular flexibility index (Phi) is 6.35. The number of aromatic nitrogens is 1. The summed E-state index contributed by atoms with van der Waals surface area (Å²) in [5, 5.41) is 10.3. The van der Waals surface area contributed by atoms with Gasteiger partial charge in [-0.25, -0.2) is 9.37 Å². The molecule has 1 saturated heterocycles. The summed E-state index contributed by atoms with van der Waals surface area (Å²) in [5.74, 6) is -0.269. The average Bonchev–Trinajstić information content (AvgIpc) is 2.62. The van der Waals surface area contributed by atoms with E-state index in [0.717, 1.165) is 43.7 Å². The van der Waals surface area contributed by atoms with Gasteiger partial charge in [-0.05, 0) is 32.4 Å². The number of halogens is 1. The maximum atomic E-state index is 14.0. The maximum Gasteiger partial charge on any atom is 0.149 e. The fourth-order valence-electron chi connectivity index (χ4n) is 3.53. The average molecular weight is 357 g/mol. The number of allylic oxidation sites excluding steroid dienone is 1. The monoisotopic (exact) mass is 357 g/mol. The molecule has 4 nitrogen and oxygen atoms in total. The van der Waals surface area contributed by atoms with Gasteiger partial charge in [0.25, 0.3) is 0 Å². The van der Waals surface area contributed by atoms with Crippen molar-refractivity contribution in [2.45, 2.75) is 32.9 Å². The molecule has 2 heterocycles. The first-order valence-corrected chi connectivity index (χ1v) is 9.31. The third-order valence-corrected chi connectivity index (χ3v) is 5.00. The van der Waals surface area contributed by atoms with Crippen LogP contribution in [0, 0.1) is 5.82 Å². The molecule has 5 heteroatoms. The van der Waals surface area contributed by atoms with Crippen LogP contribution < -0.4 is 0 Å². The second-order valence-electron chi connectivity index (χ2n) is 7.29. The Labute approximate surface area is 154 Å². The van der Waals surface area contributed by atoms with E-state index in [9.17, 15) is 9.50 Å². The molecule has 140 valence electrons. The second-order valence-corrected chi connectivity index (χ2v) is 7.29. The van der Waals surface area contributed by atoms with Crippen LogP contribution >= 0.6 is 0 Å². The number of piperazine rings is 1. The van der Waals surface area contributed by atoms with Gasteiger partial charge in [-0.3, -0.25) is 9.80 Å². The van der Waals surface area contributed by atoms with Crippen molar-refractivity contribution in [3.8, 4) is 0 Å². The highest BCUT2D eigenvalue weighted by Crippen LogP contribution is 2.19. The quantitative estimate of drug-likeness (QED) is 0.806. The number of rotatable bonds is 6. The minimum absolute atomic E-state index is 0.198. The number of aliphatic hydroxyl groups excluding tert-OH is 1. The Balaban J connectivity index is 1.69. The lowest BCUT2D eigenvalue weighted by atomic mass is 10.1. The molecular formula is C21H28FN3O. The van der Waals surface area contributed by atoms with Crippen molar-refractivity contribution in [3.05, 3.63) is 53.5 Å². The standard InChI is InChI=1S/C21H28FN3O/c1-16(2)8-10-25-12-11-24(15-19(25)9-13-26)14-18-7-6-17-4-3-5-20(22)21(17)23-18/h3-8,19,26H,9-15H2,1-2H3/t19-/m0/s1. The van der Waals surface area contributed by atoms with Crippen molar-refractivity contribution in [2.24, 2.45) is 0 Å². The molecule has 3 rings (SSSR count). The normalized spacial score (nSPS) is 19.0. The lowest BCUT2D eigenvalue weighted by Crippen LogP contribution is -2.53. The Morgan fingerprint density at radius 1 is 1.27 bits per heavy atom. The molecular weight excluding hydrogens is 329 g/mol. The van der Waals surface area contributed by atoms with Crippen LogP contribution in [0.25, 0.3) is 10.9 Å². The molecule has 26 heavy (non-hydrogen) atoms. The van der Waals surface area contributed by atoms with Gasteiger partial charge in [0.05, 0.1) is 5.69 Å². The second kappa shape index (κ2) is 8.71. The fraction of sp³-hybridized carbons (Fsp3) is 0.476. The van der Waals surface area contributed by atoms with Gasteiger partial charge < -0.3 is 5.11 Å². The molecule has 0 bridgehead atoms. The maximum absolute atomic E-state index is 14.0. The lowest BCUT2D eigenvalue weighted by molar-refractivity contribution is 0.0630. The van der Waals surface area contributed by atoms with Gasteiger partial charge in [-0.1, -0.05) is 29.8 Å². The minimum Gasteiger partial charge on any atom is -0.396 e. The van der Waals surface area contributed by atoms with E-state index in [4.69, 9.17) is 0 Å². The Morgan fingerprint density at radius 3 is 2.88 bits per heavy atom. The first kappa shape index (κ1) is 19.0. The van der Waals surface area contributed by atoms with Crippen molar-refractivity contribution in [2.75, 3.05) is 32.8 Å². The number of aliphatic hydroxyl groups is 1. The highest BCUT2D eigenvalue weighted by molar-refractivity contribution is 5.79. The zero-order valence-corrected chi connectivity index (χ0v) is 15.7. The summed E-state index contributed by atoms with van der Waals surface area (Å²) >= 11 is 0. The van der Waals surface area contributed by atoms with Gasteiger partial charge in [0.15, 0.2) is 0 Å². The predicted octanol–water partition coefficient (Wildman–Crippen LogP) is 3.21. The van der Waals surface area contributed by atoms with E-state index in [1.807, 2.05) is 18.2 Å². The number of nitrogens with zero attached hydrogens (tertiary/aromatic N) is 3. The Bertz CT molecular complexity index is 773. The van der Waals surface area contributed by atoms with Crippen LogP contribution in [-0.4, -0.2) is 58.7 Å². The molecule has 1 aromatic heterocycles. The molecule has 1 atom stereocenters. The number of pyridine rings is 1. The van der Waals surface area contributed by atoms with Gasteiger partial charge in [0.1, 0.15) is 11.3 Å². The van der Waals surface area contributed by atoms with Crippen molar-refractivity contribution >= 4 is 10.9 Å². The Hall–Kier alpha value is -1.82. The summed E-state index contributed by atoms with van der Waals surface area (Å²) in [5.41, 5.74) is 2.65. The number of benzene rings is 1. The highest BCUT2D eigenvalue weighted by Gasteiger charge is 2.26. The molecule has 0 aliphatic carbocycles. The minimum atomic E-state index is -0.269. The van der Waals surface area contributed by atoms with E-state index in [1.54, 1.807) is 6.07 Å². The van der Waals surface area contributed by atoms with Crippen LogP contribution in [0.15, 0.2) is 42.0 Å². The molecule has 1 N–H and O–H groups in total. The van der Waals surface area contributed by atoms with Gasteiger partial charge in [-0.15, -0.1) is 0 Å². The number of hydrogen-bond acceptors (Lipinski definition) is 4. The zero-order chi connectivity index (χ0) is 18.5. The van der Waals surface area contributed by atoms with E-state index in [-0.39, 0.29) is 12.4 Å². The number of fused-ring (bicyclic) bond motifs is 1. The first-order chi connectivity index (χ1) is 12.6. The van der Waals surface area contributed by atoms with Crippen molar-refractivity contribution in [3.63, 3.8) is 0 Å². The van der Waals surface area contributed by atoms with Crippen LogP contribution in [0.4, 0.5) is 4.39 Å². The molecule has 0 unspecified atom stereocenters. The van der Waals surface area contributed by atoms with Crippen molar-refractivity contribution in [1.82, 2.24) is 14.8 Å². The summed E-state index contributed by atoms with van der Waals surface area (Å²) in [7, 11) is 0. The molecule has 1 aliphatic rings. The van der Waals surface area contributed by atoms with Gasteiger partial charge in [-0.2, -0.15) is 0 Å². The summed E-state index contributed by atoms with van der Waals surface area (Å²) < 4.78 is 14.0. The summed E-state index contributed by atoms with van der Waals surface area (Å²) in [6.07, 6.45) is 3.01. The predicted molar refractivity (Wildman–Crippen MR) is 103 cm³/mol. The van der Waals surface area contributed by atoms with Crippen molar-refractivity contribution < 1.29 is 9.50 Å². The Morgan fingerprint density at radius 2 is 2.12 bits per heavy atom. The fourth-order valence-corrected chi connectivity index (χ4v) is 3.53. The SMILES string of the molecule is CC(C)=CCN1CCN(Cc2ccc3cccc(F)c3n2)C[C@@H]1CCO. The first-order valence-electron chi connectivity index (χ1n) is 9.31. The molecule has 2 aromatic rings. The largest absolute Gasteiger partial charge is 0.396 e. The van der Waals surface area contributed by atoms with Crippen LogP contribution in [0.5, 0.6) is 0 Å². The van der Waals surface area contributed by atoms with E-state index in [0.29, 0.717) is 18.1 Å². The van der Waals surface area contributed by atoms with E-state index in [2.05, 4.69) is 34.7 Å². The third kappa shape index (κ3) is 4.67. The van der Waals surface area contributed by atoms with Gasteiger partial charge in [0.2, 0.25) is 0 Å². The van der Waals surface area contributed by atoms with Crippen LogP contribution in [0.3, 0.4) is 0 Å². The third-order valence-electron chi connectivity index (χ3n) is 5.00.